The predicted molar refractivity (Wildman–Crippen MR) is 111 cm³/mol. The van der Waals surface area contributed by atoms with Crippen LogP contribution in [0.2, 0.25) is 0 Å². The maximum absolute atomic E-state index is 12.0. The normalized spacial score (nSPS) is 10.5. The van der Waals surface area contributed by atoms with E-state index in [1.54, 1.807) is 6.20 Å². The molecule has 0 atom stereocenters. The lowest BCUT2D eigenvalue weighted by atomic mass is 10.1. The standard InChI is InChI=1S/C16H11Br2N3O2S2/c17-10-2-3-11-9(7-10)1-4-12(14(11)18)23-8-13(22)20-15(24)21-16-19-5-6-25-16/h1-7H,8H2,(H2,19,20,21,22,24). The number of hydrogen-bond donors (Lipinski definition) is 2. The second-order valence-electron chi connectivity index (χ2n) is 4.87. The highest BCUT2D eigenvalue weighted by atomic mass is 79.9. The number of amides is 1. The monoisotopic (exact) mass is 499 g/mol. The van der Waals surface area contributed by atoms with Crippen molar-refractivity contribution in [3.8, 4) is 5.75 Å². The van der Waals surface area contributed by atoms with E-state index in [9.17, 15) is 4.79 Å². The molecule has 0 saturated heterocycles. The number of thiazole rings is 1. The van der Waals surface area contributed by atoms with E-state index in [0.29, 0.717) is 10.9 Å². The van der Waals surface area contributed by atoms with E-state index in [-0.39, 0.29) is 17.6 Å². The van der Waals surface area contributed by atoms with Crippen LogP contribution in [0.5, 0.6) is 5.75 Å². The number of anilines is 1. The lowest BCUT2D eigenvalue weighted by Crippen LogP contribution is -2.37. The number of thiocarbonyl (C=S) groups is 1. The Bertz CT molecular complexity index is 933. The van der Waals surface area contributed by atoms with Gasteiger partial charge in [-0.15, -0.1) is 11.3 Å². The third-order valence-electron chi connectivity index (χ3n) is 3.15. The van der Waals surface area contributed by atoms with Crippen LogP contribution >= 0.6 is 55.4 Å². The molecule has 0 aliphatic heterocycles. The van der Waals surface area contributed by atoms with Crippen molar-refractivity contribution in [1.82, 2.24) is 10.3 Å². The molecule has 0 saturated carbocycles. The first-order valence-corrected chi connectivity index (χ1v) is 9.91. The Morgan fingerprint density at radius 1 is 1.28 bits per heavy atom. The van der Waals surface area contributed by atoms with Crippen molar-refractivity contribution in [3.05, 3.63) is 50.9 Å². The molecule has 0 unspecified atom stereocenters. The van der Waals surface area contributed by atoms with E-state index in [1.165, 1.54) is 11.3 Å². The number of halogens is 2. The zero-order valence-electron chi connectivity index (χ0n) is 12.6. The Hall–Kier alpha value is -1.55. The fourth-order valence-electron chi connectivity index (χ4n) is 2.07. The molecule has 2 N–H and O–H groups in total. The average Bonchev–Trinajstić information content (AvgIpc) is 3.06. The van der Waals surface area contributed by atoms with Gasteiger partial charge in [0.25, 0.3) is 5.91 Å². The van der Waals surface area contributed by atoms with Gasteiger partial charge in [0.1, 0.15) is 5.75 Å². The minimum Gasteiger partial charge on any atom is -0.483 e. The SMILES string of the molecule is O=C(COc1ccc2cc(Br)ccc2c1Br)NC(=S)Nc1nccs1. The van der Waals surface area contributed by atoms with Crippen molar-refractivity contribution >= 4 is 82.3 Å². The van der Waals surface area contributed by atoms with E-state index in [2.05, 4.69) is 47.5 Å². The highest BCUT2D eigenvalue weighted by molar-refractivity contribution is 9.11. The second-order valence-corrected chi connectivity index (χ2v) is 7.88. The van der Waals surface area contributed by atoms with Crippen molar-refractivity contribution in [1.29, 1.82) is 0 Å². The Kier molecular flexibility index (Phi) is 6.00. The van der Waals surface area contributed by atoms with Crippen molar-refractivity contribution in [2.24, 2.45) is 0 Å². The summed E-state index contributed by atoms with van der Waals surface area (Å²) in [7, 11) is 0. The molecule has 1 amide bonds. The third kappa shape index (κ3) is 4.75. The molecule has 1 aromatic heterocycles. The van der Waals surface area contributed by atoms with Crippen molar-refractivity contribution < 1.29 is 9.53 Å². The zero-order valence-corrected chi connectivity index (χ0v) is 17.4. The fourth-order valence-corrected chi connectivity index (χ4v) is 3.87. The predicted octanol–water partition coefficient (Wildman–Crippen LogP) is 4.71. The molecule has 128 valence electrons. The number of nitrogens with zero attached hydrogens (tertiary/aromatic N) is 1. The number of ether oxygens (including phenoxy) is 1. The van der Waals surface area contributed by atoms with Crippen LogP contribution in [0.15, 0.2) is 50.9 Å². The molecule has 5 nitrogen and oxygen atoms in total. The lowest BCUT2D eigenvalue weighted by Gasteiger charge is -2.11. The van der Waals surface area contributed by atoms with E-state index < -0.39 is 0 Å². The third-order valence-corrected chi connectivity index (χ3v) is 5.35. The number of benzene rings is 2. The van der Waals surface area contributed by atoms with Gasteiger partial charge in [-0.1, -0.05) is 28.1 Å². The van der Waals surface area contributed by atoms with Gasteiger partial charge in [-0.2, -0.15) is 0 Å². The van der Waals surface area contributed by atoms with Gasteiger partial charge in [-0.25, -0.2) is 4.98 Å². The van der Waals surface area contributed by atoms with Crippen LogP contribution in [0.4, 0.5) is 5.13 Å². The largest absolute Gasteiger partial charge is 0.483 e. The van der Waals surface area contributed by atoms with Gasteiger partial charge in [0.15, 0.2) is 16.9 Å². The molecular weight excluding hydrogens is 490 g/mol. The summed E-state index contributed by atoms with van der Waals surface area (Å²) in [5.74, 6) is 0.237. The molecule has 0 aliphatic carbocycles. The Morgan fingerprint density at radius 3 is 2.88 bits per heavy atom. The highest BCUT2D eigenvalue weighted by Gasteiger charge is 2.10. The summed E-state index contributed by atoms with van der Waals surface area (Å²) >= 11 is 13.4. The number of hydrogen-bond acceptors (Lipinski definition) is 5. The smallest absolute Gasteiger partial charge is 0.264 e. The first-order chi connectivity index (χ1) is 12.0. The lowest BCUT2D eigenvalue weighted by molar-refractivity contribution is -0.121. The Balaban J connectivity index is 1.60. The summed E-state index contributed by atoms with van der Waals surface area (Å²) in [5.41, 5.74) is 0. The number of rotatable bonds is 4. The second kappa shape index (κ2) is 8.22. The molecule has 3 aromatic rings. The summed E-state index contributed by atoms with van der Waals surface area (Å²) in [6.45, 7) is -0.152. The number of nitrogens with one attached hydrogen (secondary N) is 2. The molecule has 0 radical (unpaired) electrons. The summed E-state index contributed by atoms with van der Waals surface area (Å²) in [6.07, 6.45) is 1.65. The Morgan fingerprint density at radius 2 is 2.12 bits per heavy atom. The summed E-state index contributed by atoms with van der Waals surface area (Å²) in [6, 6.07) is 9.69. The highest BCUT2D eigenvalue weighted by Crippen LogP contribution is 2.34. The number of carbonyl (C=O) groups is 1. The van der Waals surface area contributed by atoms with Crippen molar-refractivity contribution in [3.63, 3.8) is 0 Å². The first kappa shape index (κ1) is 18.2. The zero-order chi connectivity index (χ0) is 17.8. The molecule has 0 fully saturated rings. The molecule has 9 heteroatoms. The molecule has 3 rings (SSSR count). The van der Waals surface area contributed by atoms with Crippen LogP contribution in [0.25, 0.3) is 10.8 Å². The van der Waals surface area contributed by atoms with Gasteiger partial charge in [-0.05, 0) is 57.1 Å². The quantitative estimate of drug-likeness (QED) is 0.508. The summed E-state index contributed by atoms with van der Waals surface area (Å²) in [4.78, 5) is 16.0. The molecule has 2 aromatic carbocycles. The van der Waals surface area contributed by atoms with E-state index >= 15 is 0 Å². The summed E-state index contributed by atoms with van der Waals surface area (Å²) in [5, 5.41) is 10.1. The maximum Gasteiger partial charge on any atom is 0.264 e. The number of carbonyl (C=O) groups excluding carboxylic acids is 1. The number of aromatic nitrogens is 1. The minimum atomic E-state index is -0.350. The molecular formula is C16H11Br2N3O2S2. The number of fused-ring (bicyclic) bond motifs is 1. The summed E-state index contributed by atoms with van der Waals surface area (Å²) < 4.78 is 7.40. The molecule has 25 heavy (non-hydrogen) atoms. The average molecular weight is 501 g/mol. The maximum atomic E-state index is 12.0. The molecule has 1 heterocycles. The van der Waals surface area contributed by atoms with Crippen LogP contribution in [-0.2, 0) is 4.79 Å². The Labute approximate surface area is 170 Å². The molecule has 0 bridgehead atoms. The van der Waals surface area contributed by atoms with Gasteiger partial charge in [0.2, 0.25) is 0 Å². The van der Waals surface area contributed by atoms with E-state index in [1.807, 2.05) is 35.7 Å². The van der Waals surface area contributed by atoms with Crippen LogP contribution in [0.3, 0.4) is 0 Å². The van der Waals surface area contributed by atoms with E-state index in [4.69, 9.17) is 17.0 Å². The molecule has 0 aliphatic rings. The topological polar surface area (TPSA) is 63.2 Å². The van der Waals surface area contributed by atoms with Crippen LogP contribution in [0, 0.1) is 0 Å². The van der Waals surface area contributed by atoms with Crippen molar-refractivity contribution in [2.75, 3.05) is 11.9 Å². The van der Waals surface area contributed by atoms with Gasteiger partial charge in [-0.3, -0.25) is 10.1 Å². The van der Waals surface area contributed by atoms with Crippen LogP contribution in [-0.4, -0.2) is 22.6 Å². The fraction of sp³-hybridized carbons (Fsp3) is 0.0625. The minimum absolute atomic E-state index is 0.152. The van der Waals surface area contributed by atoms with Gasteiger partial charge < -0.3 is 10.1 Å². The van der Waals surface area contributed by atoms with Crippen LogP contribution < -0.4 is 15.4 Å². The van der Waals surface area contributed by atoms with Gasteiger partial charge in [0, 0.05) is 16.0 Å². The first-order valence-electron chi connectivity index (χ1n) is 7.04. The van der Waals surface area contributed by atoms with Gasteiger partial charge >= 0.3 is 0 Å². The van der Waals surface area contributed by atoms with Crippen molar-refractivity contribution in [2.45, 2.75) is 0 Å². The van der Waals surface area contributed by atoms with E-state index in [0.717, 1.165) is 19.7 Å². The van der Waals surface area contributed by atoms with Crippen LogP contribution in [0.1, 0.15) is 0 Å². The molecule has 0 spiro atoms. The van der Waals surface area contributed by atoms with Gasteiger partial charge in [0.05, 0.1) is 4.47 Å².